The monoisotopic (exact) mass is 271 g/mol. The molecule has 74 valence electrons. The van der Waals surface area contributed by atoms with E-state index in [4.69, 9.17) is 0 Å². The number of rotatable bonds is 2. The Morgan fingerprint density at radius 1 is 1.38 bits per heavy atom. The van der Waals surface area contributed by atoms with Crippen LogP contribution in [0.5, 0.6) is 0 Å². The van der Waals surface area contributed by atoms with Gasteiger partial charge in [-0.05, 0) is 19.2 Å². The van der Waals surface area contributed by atoms with Gasteiger partial charge in [-0.25, -0.2) is 8.78 Å². The molecule has 0 aliphatic rings. The van der Waals surface area contributed by atoms with Crippen LogP contribution in [-0.2, 0) is 6.54 Å². The third kappa shape index (κ3) is 2.90. The van der Waals surface area contributed by atoms with Gasteiger partial charge in [0.15, 0.2) is 11.6 Å². The molecule has 0 spiro atoms. The largest absolute Gasteiger partial charge is 0.316 e. The molecule has 0 aliphatic carbocycles. The van der Waals surface area contributed by atoms with Gasteiger partial charge in [0.05, 0.1) is 0 Å². The highest BCUT2D eigenvalue weighted by molar-refractivity contribution is 9.10. The van der Waals surface area contributed by atoms with Gasteiger partial charge in [-0.15, -0.1) is 12.4 Å². The molecule has 0 amide bonds. The van der Waals surface area contributed by atoms with Crippen LogP contribution in [0, 0.1) is 11.6 Å². The third-order valence-electron chi connectivity index (χ3n) is 1.49. The summed E-state index contributed by atoms with van der Waals surface area (Å²) < 4.78 is 26.2. The molecular weight excluding hydrogens is 263 g/mol. The Kier molecular flexibility index (Phi) is 5.44. The third-order valence-corrected chi connectivity index (χ3v) is 2.24. The normalized spacial score (nSPS) is 9.54. The van der Waals surface area contributed by atoms with E-state index < -0.39 is 11.6 Å². The van der Waals surface area contributed by atoms with Gasteiger partial charge in [0.2, 0.25) is 0 Å². The van der Waals surface area contributed by atoms with E-state index in [1.165, 1.54) is 6.07 Å². The molecule has 0 bridgehead atoms. The second-order valence-corrected chi connectivity index (χ2v) is 3.21. The van der Waals surface area contributed by atoms with Crippen molar-refractivity contribution in [2.75, 3.05) is 7.05 Å². The highest BCUT2D eigenvalue weighted by Crippen LogP contribution is 2.21. The lowest BCUT2D eigenvalue weighted by Gasteiger charge is -2.05. The van der Waals surface area contributed by atoms with Crippen LogP contribution in [0.4, 0.5) is 8.78 Å². The van der Waals surface area contributed by atoms with Gasteiger partial charge in [0.1, 0.15) is 0 Å². The Morgan fingerprint density at radius 2 is 2.00 bits per heavy atom. The van der Waals surface area contributed by atoms with Crippen molar-refractivity contribution in [2.24, 2.45) is 0 Å². The van der Waals surface area contributed by atoms with Crippen molar-refractivity contribution in [3.05, 3.63) is 33.8 Å². The van der Waals surface area contributed by atoms with E-state index in [9.17, 15) is 8.78 Å². The smallest absolute Gasteiger partial charge is 0.164 e. The molecule has 0 aromatic heterocycles. The summed E-state index contributed by atoms with van der Waals surface area (Å²) in [5.74, 6) is -1.61. The minimum Gasteiger partial charge on any atom is -0.316 e. The van der Waals surface area contributed by atoms with Gasteiger partial charge in [-0.1, -0.05) is 15.9 Å². The van der Waals surface area contributed by atoms with Crippen LogP contribution in [0.2, 0.25) is 0 Å². The Bertz CT molecular complexity index is 294. The molecule has 1 aromatic carbocycles. The topological polar surface area (TPSA) is 12.0 Å². The lowest BCUT2D eigenvalue weighted by Crippen LogP contribution is -2.08. The van der Waals surface area contributed by atoms with Crippen LogP contribution in [0.25, 0.3) is 0 Å². The molecule has 1 rings (SSSR count). The average Bonchev–Trinajstić information content (AvgIpc) is 2.06. The summed E-state index contributed by atoms with van der Waals surface area (Å²) in [4.78, 5) is 0. The molecule has 1 aromatic rings. The average molecular weight is 273 g/mol. The van der Waals surface area contributed by atoms with Crippen molar-refractivity contribution in [1.82, 2.24) is 5.32 Å². The van der Waals surface area contributed by atoms with Gasteiger partial charge < -0.3 is 5.32 Å². The summed E-state index contributed by atoms with van der Waals surface area (Å²) in [5, 5.41) is 2.76. The van der Waals surface area contributed by atoms with Gasteiger partial charge in [0.25, 0.3) is 0 Å². The molecule has 5 heteroatoms. The minimum absolute atomic E-state index is 0. The summed E-state index contributed by atoms with van der Waals surface area (Å²) >= 11 is 3.14. The second kappa shape index (κ2) is 5.52. The van der Waals surface area contributed by atoms with E-state index in [1.54, 1.807) is 7.05 Å². The predicted molar refractivity (Wildman–Crippen MR) is 54.1 cm³/mol. The van der Waals surface area contributed by atoms with E-state index in [1.807, 2.05) is 0 Å². The second-order valence-electron chi connectivity index (χ2n) is 2.35. The fourth-order valence-corrected chi connectivity index (χ4v) is 1.35. The van der Waals surface area contributed by atoms with Crippen LogP contribution in [0.1, 0.15) is 5.56 Å². The van der Waals surface area contributed by atoms with Crippen LogP contribution < -0.4 is 5.32 Å². The Morgan fingerprint density at radius 3 is 2.54 bits per heavy atom. The number of hydrogen-bond acceptors (Lipinski definition) is 1. The van der Waals surface area contributed by atoms with Crippen LogP contribution >= 0.6 is 28.3 Å². The molecule has 0 fully saturated rings. The first-order chi connectivity index (χ1) is 5.66. The molecule has 0 aliphatic heterocycles. The lowest BCUT2D eigenvalue weighted by atomic mass is 10.2. The summed E-state index contributed by atoms with van der Waals surface area (Å²) in [5.41, 5.74) is 0.317. The zero-order valence-electron chi connectivity index (χ0n) is 6.90. The summed E-state index contributed by atoms with van der Waals surface area (Å²) in [6.45, 7) is 0.310. The van der Waals surface area contributed by atoms with Crippen molar-refractivity contribution in [3.63, 3.8) is 0 Å². The first-order valence-corrected chi connectivity index (χ1v) is 4.23. The first kappa shape index (κ1) is 12.8. The van der Waals surface area contributed by atoms with E-state index >= 15 is 0 Å². The summed E-state index contributed by atoms with van der Waals surface area (Å²) in [7, 11) is 1.68. The van der Waals surface area contributed by atoms with Crippen molar-refractivity contribution in [1.29, 1.82) is 0 Å². The Balaban J connectivity index is 0.00000144. The minimum atomic E-state index is -0.816. The van der Waals surface area contributed by atoms with Crippen molar-refractivity contribution in [2.45, 2.75) is 6.54 Å². The van der Waals surface area contributed by atoms with E-state index in [2.05, 4.69) is 21.2 Å². The highest BCUT2D eigenvalue weighted by Gasteiger charge is 2.10. The number of benzene rings is 1. The standard InChI is InChI=1S/C8H8BrF2N.ClH/c1-12-4-5-6(9)2-3-7(10)8(5)11;/h2-3,12H,4H2,1H3;1H. The zero-order valence-corrected chi connectivity index (χ0v) is 9.31. The van der Waals surface area contributed by atoms with Crippen molar-refractivity contribution in [3.8, 4) is 0 Å². The molecule has 0 saturated carbocycles. The molecule has 1 N–H and O–H groups in total. The van der Waals surface area contributed by atoms with Crippen molar-refractivity contribution < 1.29 is 8.78 Å². The van der Waals surface area contributed by atoms with Crippen molar-refractivity contribution >= 4 is 28.3 Å². The molecule has 13 heavy (non-hydrogen) atoms. The van der Waals surface area contributed by atoms with Gasteiger partial charge in [-0.3, -0.25) is 0 Å². The van der Waals surface area contributed by atoms with Gasteiger partial charge >= 0.3 is 0 Å². The number of hydrogen-bond donors (Lipinski definition) is 1. The lowest BCUT2D eigenvalue weighted by molar-refractivity contribution is 0.494. The quantitative estimate of drug-likeness (QED) is 0.816. The maximum Gasteiger partial charge on any atom is 0.164 e. The SMILES string of the molecule is CNCc1c(Br)ccc(F)c1F.Cl. The summed E-state index contributed by atoms with van der Waals surface area (Å²) in [6.07, 6.45) is 0. The molecule has 0 atom stereocenters. The maximum atomic E-state index is 13.0. The Labute approximate surface area is 90.1 Å². The molecule has 1 nitrogen and oxygen atoms in total. The zero-order chi connectivity index (χ0) is 9.14. The molecule has 0 unspecified atom stereocenters. The van der Waals surface area contributed by atoms with E-state index in [0.29, 0.717) is 16.6 Å². The van der Waals surface area contributed by atoms with E-state index in [-0.39, 0.29) is 12.4 Å². The first-order valence-electron chi connectivity index (χ1n) is 3.43. The molecule has 0 heterocycles. The van der Waals surface area contributed by atoms with E-state index in [0.717, 1.165) is 6.07 Å². The van der Waals surface area contributed by atoms with Crippen LogP contribution in [0.3, 0.4) is 0 Å². The molecule has 0 saturated heterocycles. The Hall–Kier alpha value is -0.190. The van der Waals surface area contributed by atoms with Crippen LogP contribution in [-0.4, -0.2) is 7.05 Å². The fraction of sp³-hybridized carbons (Fsp3) is 0.250. The van der Waals surface area contributed by atoms with Crippen LogP contribution in [0.15, 0.2) is 16.6 Å². The maximum absolute atomic E-state index is 13.0. The molecular formula is C8H9BrClF2N. The highest BCUT2D eigenvalue weighted by atomic mass is 79.9. The fourth-order valence-electron chi connectivity index (χ4n) is 0.908. The van der Waals surface area contributed by atoms with Gasteiger partial charge in [-0.2, -0.15) is 0 Å². The number of halogens is 4. The summed E-state index contributed by atoms with van der Waals surface area (Å²) in [6, 6.07) is 2.59. The number of nitrogens with one attached hydrogen (secondary N) is 1. The van der Waals surface area contributed by atoms with Gasteiger partial charge in [0, 0.05) is 16.6 Å². The predicted octanol–water partition coefficient (Wildman–Crippen LogP) is 2.87. The molecule has 0 radical (unpaired) electrons.